The molecule has 0 fully saturated rings. The molecule has 0 radical (unpaired) electrons. The molecule has 6 nitrogen and oxygen atoms in total. The maximum Gasteiger partial charge on any atom is 0.270 e. The maximum atomic E-state index is 5.72. The van der Waals surface area contributed by atoms with Crippen LogP contribution in [0.4, 0.5) is 0 Å². The lowest BCUT2D eigenvalue weighted by Gasteiger charge is -2.08. The number of methoxy groups -OCH3 is 2. The Bertz CT molecular complexity index is 1350. The summed E-state index contributed by atoms with van der Waals surface area (Å²) in [5, 5.41) is 6.37. The maximum absolute atomic E-state index is 5.72. The first-order valence-electron chi connectivity index (χ1n) is 10.1. The van der Waals surface area contributed by atoms with Gasteiger partial charge in [-0.2, -0.15) is 4.98 Å². The smallest absolute Gasteiger partial charge is 0.270 e. The normalized spacial score (nSPS) is 11.0. The van der Waals surface area contributed by atoms with E-state index in [9.17, 15) is 0 Å². The molecule has 0 saturated heterocycles. The summed E-state index contributed by atoms with van der Waals surface area (Å²) in [6, 6.07) is 18.0. The van der Waals surface area contributed by atoms with Crippen LogP contribution < -0.4 is 9.47 Å². The van der Waals surface area contributed by atoms with Crippen LogP contribution in [0, 0.1) is 6.92 Å². The van der Waals surface area contributed by atoms with Gasteiger partial charge in [-0.05, 0) is 36.8 Å². The highest BCUT2D eigenvalue weighted by Crippen LogP contribution is 2.41. The van der Waals surface area contributed by atoms with Crippen LogP contribution in [0.5, 0.6) is 11.5 Å². The molecule has 160 valence electrons. The van der Waals surface area contributed by atoms with Crippen molar-refractivity contribution in [2.75, 3.05) is 14.2 Å². The molecule has 0 saturated carbocycles. The molecule has 0 aliphatic heterocycles. The van der Waals surface area contributed by atoms with E-state index in [4.69, 9.17) is 19.0 Å². The number of hydrogen-bond donors (Lipinski definition) is 0. The van der Waals surface area contributed by atoms with Gasteiger partial charge in [0.1, 0.15) is 16.4 Å². The summed E-state index contributed by atoms with van der Waals surface area (Å²) < 4.78 is 18.5. The molecule has 0 N–H and O–H groups in total. The molecule has 0 aliphatic rings. The van der Waals surface area contributed by atoms with Crippen molar-refractivity contribution in [3.05, 3.63) is 77.9 Å². The second kappa shape index (κ2) is 8.36. The topological polar surface area (TPSA) is 62.3 Å². The van der Waals surface area contributed by atoms with E-state index in [-0.39, 0.29) is 0 Å². The summed E-state index contributed by atoms with van der Waals surface area (Å²) in [5.74, 6) is 2.27. The highest BCUT2D eigenvalue weighted by Gasteiger charge is 2.22. The molecular formula is C25H21N3O3S. The fraction of sp³-hybridized carbons (Fsp3) is 0.120. The van der Waals surface area contributed by atoms with Gasteiger partial charge in [0.05, 0.1) is 19.9 Å². The van der Waals surface area contributed by atoms with Gasteiger partial charge in [0.25, 0.3) is 5.89 Å². The van der Waals surface area contributed by atoms with E-state index in [0.29, 0.717) is 23.2 Å². The molecule has 3 aromatic heterocycles. The van der Waals surface area contributed by atoms with Gasteiger partial charge in [0.15, 0.2) is 0 Å². The Morgan fingerprint density at radius 3 is 2.34 bits per heavy atom. The number of aryl methyl sites for hydroxylation is 1. The molecule has 5 rings (SSSR count). The van der Waals surface area contributed by atoms with Crippen LogP contribution in [0.1, 0.15) is 5.56 Å². The van der Waals surface area contributed by atoms with E-state index >= 15 is 0 Å². The van der Waals surface area contributed by atoms with Crippen molar-refractivity contribution < 1.29 is 14.0 Å². The molecule has 3 heterocycles. The minimum atomic E-state index is 0.467. The van der Waals surface area contributed by atoms with Crippen LogP contribution >= 0.6 is 11.3 Å². The highest BCUT2D eigenvalue weighted by atomic mass is 32.1. The zero-order chi connectivity index (χ0) is 22.1. The number of nitrogens with zero attached hydrogens (tertiary/aromatic N) is 3. The predicted molar refractivity (Wildman–Crippen MR) is 126 cm³/mol. The molecule has 0 amide bonds. The van der Waals surface area contributed by atoms with Crippen LogP contribution in [0.15, 0.2) is 76.9 Å². The fourth-order valence-corrected chi connectivity index (χ4v) is 4.62. The lowest BCUT2D eigenvalue weighted by Crippen LogP contribution is -1.93. The van der Waals surface area contributed by atoms with E-state index in [2.05, 4.69) is 46.3 Å². The summed E-state index contributed by atoms with van der Waals surface area (Å²) in [7, 11) is 3.23. The van der Waals surface area contributed by atoms with Gasteiger partial charge in [-0.15, -0.1) is 11.3 Å². The van der Waals surface area contributed by atoms with E-state index in [1.165, 1.54) is 5.56 Å². The van der Waals surface area contributed by atoms with Crippen molar-refractivity contribution in [1.29, 1.82) is 0 Å². The molecule has 0 aliphatic carbocycles. The molecule has 2 aromatic carbocycles. The lowest BCUT2D eigenvalue weighted by atomic mass is 10.0. The second-order valence-electron chi connectivity index (χ2n) is 7.31. The molecule has 0 atom stereocenters. The molecule has 0 unspecified atom stereocenters. The van der Waals surface area contributed by atoms with Crippen molar-refractivity contribution in [3.8, 4) is 50.5 Å². The Kier molecular flexibility index (Phi) is 5.25. The van der Waals surface area contributed by atoms with Gasteiger partial charge < -0.3 is 18.6 Å². The average molecular weight is 444 g/mol. The molecule has 0 spiro atoms. The van der Waals surface area contributed by atoms with E-state index in [1.54, 1.807) is 25.6 Å². The number of aromatic nitrogens is 3. The SMILES string of the molecule is COc1cc(OC)cc(-c2noc(-c3scc(-c4cccc(C)c4)c3-n3cccc3)n2)c1. The summed E-state index contributed by atoms with van der Waals surface area (Å²) >= 11 is 1.59. The van der Waals surface area contributed by atoms with Gasteiger partial charge in [-0.3, -0.25) is 0 Å². The standard InChI is InChI=1S/C25H21N3O3S/c1-16-7-6-8-17(11-16)21-15-32-23(22(21)28-9-4-5-10-28)25-26-24(27-31-25)18-12-19(29-2)14-20(13-18)30-3/h4-15H,1-3H3. The quantitative estimate of drug-likeness (QED) is 0.310. The first-order chi connectivity index (χ1) is 15.7. The van der Waals surface area contributed by atoms with Crippen LogP contribution in [-0.2, 0) is 0 Å². The minimum absolute atomic E-state index is 0.467. The second-order valence-corrected chi connectivity index (χ2v) is 8.19. The summed E-state index contributed by atoms with van der Waals surface area (Å²) in [6.45, 7) is 2.10. The van der Waals surface area contributed by atoms with Crippen molar-refractivity contribution in [2.24, 2.45) is 0 Å². The Hall–Kier alpha value is -3.84. The molecule has 5 aromatic rings. The van der Waals surface area contributed by atoms with E-state index < -0.39 is 0 Å². The first kappa shape index (κ1) is 20.1. The van der Waals surface area contributed by atoms with Gasteiger partial charge in [-0.1, -0.05) is 35.0 Å². The number of rotatable bonds is 6. The van der Waals surface area contributed by atoms with Crippen LogP contribution in [0.25, 0.3) is 39.0 Å². The van der Waals surface area contributed by atoms with Gasteiger partial charge in [-0.25, -0.2) is 0 Å². The largest absolute Gasteiger partial charge is 0.497 e. The lowest BCUT2D eigenvalue weighted by molar-refractivity contribution is 0.394. The van der Waals surface area contributed by atoms with Gasteiger partial charge in [0.2, 0.25) is 5.82 Å². The van der Waals surface area contributed by atoms with Crippen molar-refractivity contribution >= 4 is 11.3 Å². The molecule has 0 bridgehead atoms. The molecular weight excluding hydrogens is 422 g/mol. The van der Waals surface area contributed by atoms with E-state index in [1.807, 2.05) is 42.7 Å². The Balaban J connectivity index is 1.62. The zero-order valence-electron chi connectivity index (χ0n) is 17.9. The third-order valence-electron chi connectivity index (χ3n) is 5.19. The number of hydrogen-bond acceptors (Lipinski definition) is 6. The Labute approximate surface area is 189 Å². The highest BCUT2D eigenvalue weighted by molar-refractivity contribution is 7.14. The predicted octanol–water partition coefficient (Wildman–Crippen LogP) is 6.25. The molecule has 7 heteroatoms. The monoisotopic (exact) mass is 443 g/mol. The zero-order valence-corrected chi connectivity index (χ0v) is 18.7. The first-order valence-corrected chi connectivity index (χ1v) is 10.9. The van der Waals surface area contributed by atoms with Gasteiger partial charge >= 0.3 is 0 Å². The van der Waals surface area contributed by atoms with Crippen LogP contribution in [-0.4, -0.2) is 28.9 Å². The number of benzene rings is 2. The summed E-state index contributed by atoms with van der Waals surface area (Å²) in [6.07, 6.45) is 4.05. The number of thiophene rings is 1. The van der Waals surface area contributed by atoms with Crippen molar-refractivity contribution in [3.63, 3.8) is 0 Å². The van der Waals surface area contributed by atoms with Crippen molar-refractivity contribution in [2.45, 2.75) is 6.92 Å². The Morgan fingerprint density at radius 1 is 0.906 bits per heavy atom. The van der Waals surface area contributed by atoms with Gasteiger partial charge in [0, 0.05) is 35.0 Å². The summed E-state index contributed by atoms with van der Waals surface area (Å²) in [4.78, 5) is 5.61. The minimum Gasteiger partial charge on any atom is -0.497 e. The third kappa shape index (κ3) is 3.67. The van der Waals surface area contributed by atoms with E-state index in [0.717, 1.165) is 27.3 Å². The fourth-order valence-electron chi connectivity index (χ4n) is 3.63. The number of ether oxygens (including phenoxy) is 2. The average Bonchev–Trinajstić information content (AvgIpc) is 3.58. The Morgan fingerprint density at radius 2 is 1.66 bits per heavy atom. The van der Waals surface area contributed by atoms with Crippen LogP contribution in [0.2, 0.25) is 0 Å². The van der Waals surface area contributed by atoms with Crippen LogP contribution in [0.3, 0.4) is 0 Å². The summed E-state index contributed by atoms with van der Waals surface area (Å²) in [5.41, 5.74) is 5.25. The van der Waals surface area contributed by atoms with Crippen molar-refractivity contribution in [1.82, 2.24) is 14.7 Å². The third-order valence-corrected chi connectivity index (χ3v) is 6.14. The molecule has 32 heavy (non-hydrogen) atoms.